The summed E-state index contributed by atoms with van der Waals surface area (Å²) in [5.74, 6) is 1.38. The molecule has 11 heavy (non-hydrogen) atoms. The molecule has 1 heteroatoms. The lowest BCUT2D eigenvalue weighted by atomic mass is 9.90. The van der Waals surface area contributed by atoms with E-state index in [0.29, 0.717) is 17.9 Å². The predicted octanol–water partition coefficient (Wildman–Crippen LogP) is 3.09. The Morgan fingerprint density at radius 1 is 1.00 bits per heavy atom. The molecule has 0 fully saturated rings. The van der Waals surface area contributed by atoms with Gasteiger partial charge in [0.05, 0.1) is 6.10 Å². The molecule has 0 radical (unpaired) electrons. The Morgan fingerprint density at radius 3 is 1.55 bits per heavy atom. The number of hydrogen-bond acceptors (Lipinski definition) is 1. The maximum absolute atomic E-state index is 5.46. The van der Waals surface area contributed by atoms with Gasteiger partial charge in [0, 0.05) is 7.11 Å². The number of ether oxygens (including phenoxy) is 1. The highest BCUT2D eigenvalue weighted by Crippen LogP contribution is 2.20. The Balaban J connectivity index is 3.92. The highest BCUT2D eigenvalue weighted by molar-refractivity contribution is 4.70. The molecule has 0 aromatic heterocycles. The first-order chi connectivity index (χ1) is 5.17. The van der Waals surface area contributed by atoms with Crippen LogP contribution in [0.2, 0.25) is 0 Å². The van der Waals surface area contributed by atoms with Crippen LogP contribution in [0.4, 0.5) is 0 Å². The van der Waals surface area contributed by atoms with Crippen molar-refractivity contribution in [1.82, 2.24) is 0 Å². The van der Waals surface area contributed by atoms with Crippen molar-refractivity contribution in [3.63, 3.8) is 0 Å². The summed E-state index contributed by atoms with van der Waals surface area (Å²) in [7, 11) is 1.82. The highest BCUT2D eigenvalue weighted by Gasteiger charge is 2.20. The normalized spacial score (nSPS) is 19.4. The molecule has 0 amide bonds. The molecule has 0 heterocycles. The van der Waals surface area contributed by atoms with Gasteiger partial charge in [0.15, 0.2) is 0 Å². The lowest BCUT2D eigenvalue weighted by Crippen LogP contribution is -2.27. The first-order valence-electron chi connectivity index (χ1n) is 4.70. The van der Waals surface area contributed by atoms with Crippen LogP contribution in [0.15, 0.2) is 0 Å². The van der Waals surface area contributed by atoms with Gasteiger partial charge in [-0.15, -0.1) is 0 Å². The van der Waals surface area contributed by atoms with Crippen LogP contribution in [0.1, 0.15) is 40.5 Å². The zero-order valence-electron chi connectivity index (χ0n) is 8.55. The summed E-state index contributed by atoms with van der Waals surface area (Å²) in [6.45, 7) is 8.97. The van der Waals surface area contributed by atoms with Gasteiger partial charge in [0.2, 0.25) is 0 Å². The Morgan fingerprint density at radius 2 is 1.36 bits per heavy atom. The Hall–Kier alpha value is -0.0400. The van der Waals surface area contributed by atoms with Gasteiger partial charge in [-0.05, 0) is 11.8 Å². The topological polar surface area (TPSA) is 9.23 Å². The van der Waals surface area contributed by atoms with Crippen LogP contribution in [0.25, 0.3) is 0 Å². The number of hydrogen-bond donors (Lipinski definition) is 0. The van der Waals surface area contributed by atoms with E-state index in [2.05, 4.69) is 27.7 Å². The summed E-state index contributed by atoms with van der Waals surface area (Å²) in [6, 6.07) is 0. The molecule has 0 aliphatic heterocycles. The summed E-state index contributed by atoms with van der Waals surface area (Å²) >= 11 is 0. The monoisotopic (exact) mass is 158 g/mol. The maximum atomic E-state index is 5.46. The van der Waals surface area contributed by atoms with Crippen LogP contribution < -0.4 is 0 Å². The molecular formula is C10H22O. The molecule has 0 aromatic carbocycles. The van der Waals surface area contributed by atoms with Crippen molar-refractivity contribution in [1.29, 1.82) is 0 Å². The van der Waals surface area contributed by atoms with Crippen molar-refractivity contribution >= 4 is 0 Å². The van der Waals surface area contributed by atoms with Gasteiger partial charge < -0.3 is 4.74 Å². The Kier molecular flexibility index (Phi) is 5.57. The van der Waals surface area contributed by atoms with Crippen molar-refractivity contribution in [2.45, 2.75) is 46.6 Å². The molecule has 1 nitrogen and oxygen atoms in total. The molecular weight excluding hydrogens is 136 g/mol. The second kappa shape index (κ2) is 5.59. The van der Waals surface area contributed by atoms with E-state index >= 15 is 0 Å². The molecule has 2 atom stereocenters. The fourth-order valence-electron chi connectivity index (χ4n) is 1.49. The summed E-state index contributed by atoms with van der Waals surface area (Å²) < 4.78 is 5.46. The van der Waals surface area contributed by atoms with E-state index in [4.69, 9.17) is 4.74 Å². The van der Waals surface area contributed by atoms with Gasteiger partial charge in [-0.3, -0.25) is 0 Å². The van der Waals surface area contributed by atoms with E-state index in [1.807, 2.05) is 7.11 Å². The van der Waals surface area contributed by atoms with Crippen LogP contribution in [-0.2, 0) is 4.74 Å². The number of rotatable bonds is 5. The predicted molar refractivity (Wildman–Crippen MR) is 49.7 cm³/mol. The quantitative estimate of drug-likeness (QED) is 0.597. The van der Waals surface area contributed by atoms with Gasteiger partial charge in [-0.25, -0.2) is 0 Å². The van der Waals surface area contributed by atoms with E-state index < -0.39 is 0 Å². The minimum atomic E-state index is 0.449. The summed E-state index contributed by atoms with van der Waals surface area (Å²) in [5.41, 5.74) is 0. The van der Waals surface area contributed by atoms with Crippen LogP contribution >= 0.6 is 0 Å². The minimum Gasteiger partial charge on any atom is -0.381 e. The van der Waals surface area contributed by atoms with Crippen LogP contribution in [0.5, 0.6) is 0 Å². The van der Waals surface area contributed by atoms with Crippen molar-refractivity contribution in [2.75, 3.05) is 7.11 Å². The summed E-state index contributed by atoms with van der Waals surface area (Å²) in [4.78, 5) is 0. The third kappa shape index (κ3) is 3.24. The van der Waals surface area contributed by atoms with E-state index in [-0.39, 0.29) is 0 Å². The fraction of sp³-hybridized carbons (Fsp3) is 1.00. The summed E-state index contributed by atoms with van der Waals surface area (Å²) in [6.07, 6.45) is 2.87. The molecule has 0 aliphatic carbocycles. The zero-order chi connectivity index (χ0) is 8.85. The molecule has 0 aliphatic rings. The molecule has 0 N–H and O–H groups in total. The summed E-state index contributed by atoms with van der Waals surface area (Å²) in [5, 5.41) is 0. The van der Waals surface area contributed by atoms with Crippen LogP contribution in [0, 0.1) is 11.8 Å². The second-order valence-electron chi connectivity index (χ2n) is 3.47. The first-order valence-corrected chi connectivity index (χ1v) is 4.70. The molecule has 0 rings (SSSR count). The Bertz CT molecular complexity index is 80.9. The van der Waals surface area contributed by atoms with E-state index in [1.165, 1.54) is 12.8 Å². The SMILES string of the molecule is CCC(C)C(OC)C(C)CC. The lowest BCUT2D eigenvalue weighted by molar-refractivity contribution is 0.0149. The standard InChI is InChI=1S/C10H22O/c1-6-8(3)10(11-5)9(4)7-2/h8-10H,6-7H2,1-5H3. The largest absolute Gasteiger partial charge is 0.381 e. The van der Waals surface area contributed by atoms with Gasteiger partial charge in [0.25, 0.3) is 0 Å². The van der Waals surface area contributed by atoms with Crippen LogP contribution in [0.3, 0.4) is 0 Å². The van der Waals surface area contributed by atoms with Crippen molar-refractivity contribution in [3.8, 4) is 0 Å². The molecule has 0 saturated heterocycles. The van der Waals surface area contributed by atoms with Crippen LogP contribution in [-0.4, -0.2) is 13.2 Å². The van der Waals surface area contributed by atoms with Crippen molar-refractivity contribution in [2.24, 2.45) is 11.8 Å². The maximum Gasteiger partial charge on any atom is 0.0622 e. The van der Waals surface area contributed by atoms with E-state index in [1.54, 1.807) is 0 Å². The van der Waals surface area contributed by atoms with Gasteiger partial charge >= 0.3 is 0 Å². The lowest BCUT2D eigenvalue weighted by Gasteiger charge is -2.26. The fourth-order valence-corrected chi connectivity index (χ4v) is 1.49. The third-order valence-electron chi connectivity index (χ3n) is 2.68. The third-order valence-corrected chi connectivity index (χ3v) is 2.68. The molecule has 0 spiro atoms. The smallest absolute Gasteiger partial charge is 0.0622 e. The molecule has 68 valence electrons. The van der Waals surface area contributed by atoms with Crippen molar-refractivity contribution < 1.29 is 4.74 Å². The second-order valence-corrected chi connectivity index (χ2v) is 3.47. The van der Waals surface area contributed by atoms with Gasteiger partial charge in [-0.2, -0.15) is 0 Å². The average molecular weight is 158 g/mol. The van der Waals surface area contributed by atoms with Gasteiger partial charge in [0.1, 0.15) is 0 Å². The van der Waals surface area contributed by atoms with Crippen molar-refractivity contribution in [3.05, 3.63) is 0 Å². The first kappa shape index (κ1) is 11.0. The number of methoxy groups -OCH3 is 1. The zero-order valence-corrected chi connectivity index (χ0v) is 8.55. The molecule has 0 saturated carbocycles. The highest BCUT2D eigenvalue weighted by atomic mass is 16.5. The van der Waals surface area contributed by atoms with Gasteiger partial charge in [-0.1, -0.05) is 40.5 Å². The molecule has 2 unspecified atom stereocenters. The van der Waals surface area contributed by atoms with E-state index in [9.17, 15) is 0 Å². The molecule has 0 aromatic rings. The Labute approximate surface area is 71.1 Å². The van der Waals surface area contributed by atoms with E-state index in [0.717, 1.165) is 0 Å². The average Bonchev–Trinajstić information content (AvgIpc) is 2.05. The minimum absolute atomic E-state index is 0.449. The molecule has 0 bridgehead atoms.